The third-order valence-corrected chi connectivity index (χ3v) is 8.38. The first-order chi connectivity index (χ1) is 18.6. The van der Waals surface area contributed by atoms with E-state index in [1.807, 2.05) is 43.3 Å². The van der Waals surface area contributed by atoms with Gasteiger partial charge in [-0.25, -0.2) is 13.2 Å². The van der Waals surface area contributed by atoms with Crippen molar-refractivity contribution >= 4 is 33.3 Å². The van der Waals surface area contributed by atoms with Crippen molar-refractivity contribution in [3.8, 4) is 5.75 Å². The zero-order chi connectivity index (χ0) is 28.0. The minimum Gasteiger partial charge on any atom is -0.494 e. The summed E-state index contributed by atoms with van der Waals surface area (Å²) in [6, 6.07) is 19.3. The summed E-state index contributed by atoms with van der Waals surface area (Å²) in [7, 11) is 1.61. The lowest BCUT2D eigenvalue weighted by molar-refractivity contribution is -0.0424. The molecular weight excluding hydrogens is 536 g/mol. The topological polar surface area (TPSA) is 84.9 Å². The number of methoxy groups -OCH3 is 1. The summed E-state index contributed by atoms with van der Waals surface area (Å²) in [5.74, 6) is -0.199. The lowest BCUT2D eigenvalue weighted by atomic mass is 9.77. The van der Waals surface area contributed by atoms with Crippen molar-refractivity contribution in [3.05, 3.63) is 94.0 Å². The van der Waals surface area contributed by atoms with Gasteiger partial charge < -0.3 is 14.4 Å². The molecule has 1 saturated carbocycles. The quantitative estimate of drug-likeness (QED) is 0.285. The number of rotatable bonds is 10. The summed E-state index contributed by atoms with van der Waals surface area (Å²) in [5, 5.41) is 0.473. The SMILES string of the molecule is COc1c(NS(=O)(=O)Cc2cccc(Cl)c2)ccc(C2(OC(=O)c3ccccc3)CCCCC2)c1CN(C)C. The molecule has 1 fully saturated rings. The number of sulfonamides is 1. The van der Waals surface area contributed by atoms with E-state index < -0.39 is 15.6 Å². The number of hydrogen-bond acceptors (Lipinski definition) is 6. The highest BCUT2D eigenvalue weighted by Crippen LogP contribution is 2.46. The smallest absolute Gasteiger partial charge is 0.339 e. The maximum absolute atomic E-state index is 13.3. The summed E-state index contributed by atoms with van der Waals surface area (Å²) in [4.78, 5) is 15.3. The monoisotopic (exact) mass is 570 g/mol. The van der Waals surface area contributed by atoms with Crippen molar-refractivity contribution in [2.45, 2.75) is 50.0 Å². The summed E-state index contributed by atoms with van der Waals surface area (Å²) in [5.41, 5.74) is 2.19. The van der Waals surface area contributed by atoms with Gasteiger partial charge in [-0.2, -0.15) is 0 Å². The van der Waals surface area contributed by atoms with E-state index in [2.05, 4.69) is 4.72 Å². The van der Waals surface area contributed by atoms with Crippen molar-refractivity contribution in [2.24, 2.45) is 0 Å². The Hall–Kier alpha value is -3.07. The van der Waals surface area contributed by atoms with Gasteiger partial charge in [0.1, 0.15) is 11.4 Å². The van der Waals surface area contributed by atoms with Crippen LogP contribution in [0.15, 0.2) is 66.7 Å². The average molecular weight is 571 g/mol. The van der Waals surface area contributed by atoms with Crippen LogP contribution in [0.1, 0.15) is 59.2 Å². The lowest BCUT2D eigenvalue weighted by Crippen LogP contribution is -2.36. The standard InChI is InChI=1S/C30H35ClN2O5S/c1-33(2)20-25-26(30(17-8-5-9-18-30)38-29(34)23-12-6-4-7-13-23)15-16-27(28(25)37-3)32-39(35,36)21-22-11-10-14-24(31)19-22/h4,6-7,10-16,19,32H,5,8-9,17-18,20-21H2,1-3H3. The van der Waals surface area contributed by atoms with Gasteiger partial charge in [-0.15, -0.1) is 0 Å². The van der Waals surface area contributed by atoms with Crippen molar-refractivity contribution in [3.63, 3.8) is 0 Å². The molecule has 1 N–H and O–H groups in total. The van der Waals surface area contributed by atoms with Gasteiger partial charge in [0.25, 0.3) is 0 Å². The number of halogens is 1. The Morgan fingerprint density at radius 1 is 1.00 bits per heavy atom. The Balaban J connectivity index is 1.75. The number of ether oxygens (including phenoxy) is 2. The number of benzene rings is 3. The third-order valence-electron chi connectivity index (χ3n) is 6.90. The summed E-state index contributed by atoms with van der Waals surface area (Å²) in [6.07, 6.45) is 4.25. The van der Waals surface area contributed by atoms with Gasteiger partial charge in [-0.1, -0.05) is 54.4 Å². The maximum atomic E-state index is 13.3. The van der Waals surface area contributed by atoms with Crippen LogP contribution < -0.4 is 9.46 Å². The van der Waals surface area contributed by atoms with Crippen LogP contribution in [0.5, 0.6) is 5.75 Å². The predicted molar refractivity (Wildman–Crippen MR) is 155 cm³/mol. The van der Waals surface area contributed by atoms with Crippen LogP contribution in [-0.2, 0) is 32.7 Å². The predicted octanol–water partition coefficient (Wildman–Crippen LogP) is 6.37. The van der Waals surface area contributed by atoms with Gasteiger partial charge in [0, 0.05) is 22.7 Å². The Morgan fingerprint density at radius 3 is 2.36 bits per heavy atom. The molecule has 0 radical (unpaired) electrons. The molecule has 9 heteroatoms. The highest BCUT2D eigenvalue weighted by atomic mass is 35.5. The molecule has 0 bridgehead atoms. The van der Waals surface area contributed by atoms with Gasteiger partial charge in [-0.05, 0) is 75.7 Å². The van der Waals surface area contributed by atoms with Crippen LogP contribution in [0.4, 0.5) is 5.69 Å². The van der Waals surface area contributed by atoms with Gasteiger partial charge in [0.05, 0.1) is 24.1 Å². The molecule has 208 valence electrons. The Morgan fingerprint density at radius 2 is 1.72 bits per heavy atom. The number of carbonyl (C=O) groups is 1. The van der Waals surface area contributed by atoms with Crippen molar-refractivity contribution in [1.29, 1.82) is 0 Å². The van der Waals surface area contributed by atoms with Crippen LogP contribution in [0.25, 0.3) is 0 Å². The minimum absolute atomic E-state index is 0.236. The third kappa shape index (κ3) is 7.12. The van der Waals surface area contributed by atoms with Gasteiger partial charge in [0.15, 0.2) is 0 Å². The van der Waals surface area contributed by atoms with Crippen LogP contribution in [0, 0.1) is 0 Å². The molecule has 0 spiro atoms. The number of carbonyl (C=O) groups excluding carboxylic acids is 1. The molecule has 0 aliphatic heterocycles. The molecule has 0 saturated heterocycles. The number of nitrogens with zero attached hydrogens (tertiary/aromatic N) is 1. The van der Waals surface area contributed by atoms with Gasteiger partial charge in [0.2, 0.25) is 10.0 Å². The fourth-order valence-electron chi connectivity index (χ4n) is 5.25. The molecule has 0 heterocycles. The lowest BCUT2D eigenvalue weighted by Gasteiger charge is -2.39. The van der Waals surface area contributed by atoms with Crippen LogP contribution >= 0.6 is 11.6 Å². The minimum atomic E-state index is -3.78. The van der Waals surface area contributed by atoms with Gasteiger partial charge >= 0.3 is 5.97 Å². The maximum Gasteiger partial charge on any atom is 0.339 e. The van der Waals surface area contributed by atoms with Crippen LogP contribution in [0.2, 0.25) is 5.02 Å². The number of hydrogen-bond donors (Lipinski definition) is 1. The highest BCUT2D eigenvalue weighted by molar-refractivity contribution is 7.91. The highest BCUT2D eigenvalue weighted by Gasteiger charge is 2.41. The van der Waals surface area contributed by atoms with E-state index in [0.29, 0.717) is 47.0 Å². The number of nitrogens with one attached hydrogen (secondary N) is 1. The van der Waals surface area contributed by atoms with Crippen molar-refractivity contribution in [1.82, 2.24) is 4.90 Å². The van der Waals surface area contributed by atoms with E-state index in [9.17, 15) is 13.2 Å². The van der Waals surface area contributed by atoms with E-state index in [-0.39, 0.29) is 11.7 Å². The zero-order valence-corrected chi connectivity index (χ0v) is 24.1. The van der Waals surface area contributed by atoms with Crippen molar-refractivity contribution < 1.29 is 22.7 Å². The molecule has 0 amide bonds. The van der Waals surface area contributed by atoms with Gasteiger partial charge in [-0.3, -0.25) is 4.72 Å². The molecule has 7 nitrogen and oxygen atoms in total. The van der Waals surface area contributed by atoms with E-state index in [1.165, 1.54) is 7.11 Å². The molecule has 39 heavy (non-hydrogen) atoms. The molecule has 0 aromatic heterocycles. The summed E-state index contributed by atoms with van der Waals surface area (Å²) < 4.78 is 41.2. The van der Waals surface area contributed by atoms with E-state index >= 15 is 0 Å². The second kappa shape index (κ2) is 12.4. The Kier molecular flexibility index (Phi) is 9.20. The number of esters is 1. The fourth-order valence-corrected chi connectivity index (χ4v) is 6.65. The van der Waals surface area contributed by atoms with E-state index in [0.717, 1.165) is 30.4 Å². The van der Waals surface area contributed by atoms with Crippen LogP contribution in [0.3, 0.4) is 0 Å². The van der Waals surface area contributed by atoms with Crippen LogP contribution in [-0.4, -0.2) is 40.5 Å². The summed E-state index contributed by atoms with van der Waals surface area (Å²) >= 11 is 6.05. The second-order valence-electron chi connectivity index (χ2n) is 10.2. The number of anilines is 1. The summed E-state index contributed by atoms with van der Waals surface area (Å²) in [6.45, 7) is 0.465. The molecule has 0 unspecified atom stereocenters. The van der Waals surface area contributed by atoms with E-state index in [1.54, 1.807) is 42.5 Å². The molecule has 0 atom stereocenters. The first-order valence-electron chi connectivity index (χ1n) is 13.0. The Labute approximate surface area is 236 Å². The van der Waals surface area contributed by atoms with E-state index in [4.69, 9.17) is 21.1 Å². The normalized spacial score (nSPS) is 15.1. The first kappa shape index (κ1) is 28.9. The molecule has 4 rings (SSSR count). The Bertz CT molecular complexity index is 1400. The zero-order valence-electron chi connectivity index (χ0n) is 22.6. The molecule has 3 aromatic rings. The molecule has 1 aliphatic carbocycles. The average Bonchev–Trinajstić information content (AvgIpc) is 2.89. The largest absolute Gasteiger partial charge is 0.494 e. The van der Waals surface area contributed by atoms with Crippen molar-refractivity contribution in [2.75, 3.05) is 25.9 Å². The molecule has 1 aliphatic rings. The first-order valence-corrected chi connectivity index (χ1v) is 15.0. The second-order valence-corrected chi connectivity index (χ2v) is 12.4. The molecule has 3 aromatic carbocycles. The fraction of sp³-hybridized carbons (Fsp3) is 0.367. The molecular formula is C30H35ClN2O5S.